The molecule has 0 aliphatic carbocycles. The van der Waals surface area contributed by atoms with Gasteiger partial charge in [0.2, 0.25) is 0 Å². The minimum Gasteiger partial charge on any atom is -0.461 e. The Morgan fingerprint density at radius 1 is 1.24 bits per heavy atom. The summed E-state index contributed by atoms with van der Waals surface area (Å²) < 4.78 is 11.2. The highest BCUT2D eigenvalue weighted by Gasteiger charge is 2.12. The van der Waals surface area contributed by atoms with Gasteiger partial charge in [0, 0.05) is 30.5 Å². The second kappa shape index (κ2) is 8.82. The van der Waals surface area contributed by atoms with Gasteiger partial charge in [-0.2, -0.15) is 0 Å². The van der Waals surface area contributed by atoms with Crippen LogP contribution < -0.4 is 5.32 Å². The fourth-order valence-corrected chi connectivity index (χ4v) is 2.41. The summed E-state index contributed by atoms with van der Waals surface area (Å²) in [4.78, 5) is 0. The van der Waals surface area contributed by atoms with E-state index in [4.69, 9.17) is 14.3 Å². The maximum atomic E-state index is 8.65. The molecule has 0 saturated heterocycles. The Balaban J connectivity index is 1.98. The number of hydrogen-bond donors (Lipinski definition) is 2. The Labute approximate surface area is 126 Å². The lowest BCUT2D eigenvalue weighted by Gasteiger charge is -2.06. The van der Waals surface area contributed by atoms with Crippen molar-refractivity contribution >= 4 is 11.0 Å². The van der Waals surface area contributed by atoms with Crippen molar-refractivity contribution in [1.29, 1.82) is 0 Å². The van der Waals surface area contributed by atoms with Crippen LogP contribution in [0.5, 0.6) is 0 Å². The van der Waals surface area contributed by atoms with Gasteiger partial charge in [-0.3, -0.25) is 0 Å². The Hall–Kier alpha value is -1.36. The molecule has 0 fully saturated rings. The molecular weight excluding hydrogens is 266 g/mol. The summed E-state index contributed by atoms with van der Waals surface area (Å²) in [7, 11) is 0. The normalized spacial score (nSPS) is 11.3. The largest absolute Gasteiger partial charge is 0.461 e. The van der Waals surface area contributed by atoms with Crippen molar-refractivity contribution in [3.05, 3.63) is 35.6 Å². The maximum absolute atomic E-state index is 8.65. The van der Waals surface area contributed by atoms with E-state index < -0.39 is 0 Å². The Morgan fingerprint density at radius 3 is 2.90 bits per heavy atom. The van der Waals surface area contributed by atoms with Gasteiger partial charge in [0.05, 0.1) is 19.8 Å². The monoisotopic (exact) mass is 291 g/mol. The third-order valence-corrected chi connectivity index (χ3v) is 3.50. The van der Waals surface area contributed by atoms with E-state index in [-0.39, 0.29) is 6.61 Å². The van der Waals surface area contributed by atoms with Crippen LogP contribution >= 0.6 is 0 Å². The smallest absolute Gasteiger partial charge is 0.134 e. The fraction of sp³-hybridized carbons (Fsp3) is 0.529. The van der Waals surface area contributed by atoms with E-state index in [1.165, 1.54) is 17.4 Å². The van der Waals surface area contributed by atoms with Gasteiger partial charge in [-0.1, -0.05) is 31.5 Å². The number of nitrogens with one attached hydrogen (secondary N) is 1. The van der Waals surface area contributed by atoms with Gasteiger partial charge in [0.15, 0.2) is 0 Å². The van der Waals surface area contributed by atoms with Crippen LogP contribution in [0.2, 0.25) is 0 Å². The van der Waals surface area contributed by atoms with E-state index in [1.54, 1.807) is 0 Å². The molecule has 0 unspecified atom stereocenters. The SMILES string of the molecule is CCCCc1oc2ccccc2c1CNCCOCCO. The molecule has 2 rings (SSSR count). The number of hydrogen-bond acceptors (Lipinski definition) is 4. The number of aryl methyl sites for hydroxylation is 1. The number of fused-ring (bicyclic) bond motifs is 1. The molecule has 0 radical (unpaired) electrons. The zero-order chi connectivity index (χ0) is 14.9. The van der Waals surface area contributed by atoms with Crippen LogP contribution in [0.25, 0.3) is 11.0 Å². The van der Waals surface area contributed by atoms with E-state index in [2.05, 4.69) is 24.4 Å². The first-order chi connectivity index (χ1) is 10.4. The summed E-state index contributed by atoms with van der Waals surface area (Å²) in [6.45, 7) is 4.84. The first-order valence-corrected chi connectivity index (χ1v) is 7.75. The zero-order valence-corrected chi connectivity index (χ0v) is 12.7. The van der Waals surface area contributed by atoms with E-state index in [0.717, 1.165) is 37.3 Å². The van der Waals surface area contributed by atoms with Crippen LogP contribution in [0.15, 0.2) is 28.7 Å². The molecule has 0 aliphatic rings. The van der Waals surface area contributed by atoms with Gasteiger partial charge in [-0.05, 0) is 12.5 Å². The number of aliphatic hydroxyl groups excluding tert-OH is 1. The maximum Gasteiger partial charge on any atom is 0.134 e. The van der Waals surface area contributed by atoms with E-state index in [0.29, 0.717) is 13.2 Å². The minimum absolute atomic E-state index is 0.0769. The highest BCUT2D eigenvalue weighted by Crippen LogP contribution is 2.27. The van der Waals surface area contributed by atoms with Crippen molar-refractivity contribution in [1.82, 2.24) is 5.32 Å². The number of furan rings is 1. The van der Waals surface area contributed by atoms with Gasteiger partial charge >= 0.3 is 0 Å². The Kier molecular flexibility index (Phi) is 6.73. The average molecular weight is 291 g/mol. The van der Waals surface area contributed by atoms with Crippen LogP contribution in [0.1, 0.15) is 31.1 Å². The topological polar surface area (TPSA) is 54.6 Å². The standard InChI is InChI=1S/C17H25NO3/c1-2-3-7-17-15(13-18-9-11-20-12-10-19)14-6-4-5-8-16(14)21-17/h4-6,8,18-19H,2-3,7,9-13H2,1H3. The predicted molar refractivity (Wildman–Crippen MR) is 84.4 cm³/mol. The van der Waals surface area contributed by atoms with Crippen molar-refractivity contribution < 1.29 is 14.3 Å². The lowest BCUT2D eigenvalue weighted by molar-refractivity contribution is 0.0938. The van der Waals surface area contributed by atoms with Crippen molar-refractivity contribution in [2.75, 3.05) is 26.4 Å². The van der Waals surface area contributed by atoms with E-state index in [9.17, 15) is 0 Å². The molecular formula is C17H25NO3. The summed E-state index contributed by atoms with van der Waals surface area (Å²) in [5.41, 5.74) is 2.23. The third-order valence-electron chi connectivity index (χ3n) is 3.50. The molecule has 0 spiro atoms. The first kappa shape index (κ1) is 16.0. The molecule has 2 N–H and O–H groups in total. The van der Waals surface area contributed by atoms with Gasteiger partial charge < -0.3 is 19.6 Å². The second-order valence-corrected chi connectivity index (χ2v) is 5.12. The Bertz CT molecular complexity index is 536. The van der Waals surface area contributed by atoms with Crippen LogP contribution in [0, 0.1) is 0 Å². The molecule has 1 aromatic heterocycles. The van der Waals surface area contributed by atoms with Crippen LogP contribution in [-0.4, -0.2) is 31.5 Å². The fourth-order valence-electron chi connectivity index (χ4n) is 2.41. The highest BCUT2D eigenvalue weighted by molar-refractivity contribution is 5.82. The number of benzene rings is 1. The van der Waals surface area contributed by atoms with Crippen LogP contribution in [-0.2, 0) is 17.7 Å². The number of rotatable bonds is 10. The zero-order valence-electron chi connectivity index (χ0n) is 12.7. The van der Waals surface area contributed by atoms with Crippen LogP contribution in [0.4, 0.5) is 0 Å². The molecule has 4 heteroatoms. The number of unbranched alkanes of at least 4 members (excludes halogenated alkanes) is 1. The quantitative estimate of drug-likeness (QED) is 0.661. The molecule has 2 aromatic rings. The molecule has 0 amide bonds. The van der Waals surface area contributed by atoms with E-state index >= 15 is 0 Å². The summed E-state index contributed by atoms with van der Waals surface area (Å²) >= 11 is 0. The molecule has 21 heavy (non-hydrogen) atoms. The van der Waals surface area contributed by atoms with Crippen LogP contribution in [0.3, 0.4) is 0 Å². The second-order valence-electron chi connectivity index (χ2n) is 5.12. The molecule has 1 heterocycles. The number of aliphatic hydroxyl groups is 1. The first-order valence-electron chi connectivity index (χ1n) is 7.75. The number of ether oxygens (including phenoxy) is 1. The van der Waals surface area contributed by atoms with Gasteiger partial charge in [-0.15, -0.1) is 0 Å². The predicted octanol–water partition coefficient (Wildman–Crippen LogP) is 2.87. The van der Waals surface area contributed by atoms with E-state index in [1.807, 2.05) is 12.1 Å². The van der Waals surface area contributed by atoms with Crippen molar-refractivity contribution in [2.24, 2.45) is 0 Å². The summed E-state index contributed by atoms with van der Waals surface area (Å²) in [5.74, 6) is 1.10. The van der Waals surface area contributed by atoms with Gasteiger partial charge in [-0.25, -0.2) is 0 Å². The molecule has 0 bridgehead atoms. The lowest BCUT2D eigenvalue weighted by atomic mass is 10.1. The summed E-state index contributed by atoms with van der Waals surface area (Å²) in [5, 5.41) is 13.2. The lowest BCUT2D eigenvalue weighted by Crippen LogP contribution is -2.20. The Morgan fingerprint density at radius 2 is 2.10 bits per heavy atom. The van der Waals surface area contributed by atoms with Gasteiger partial charge in [0.25, 0.3) is 0 Å². The molecule has 0 atom stereocenters. The van der Waals surface area contributed by atoms with Crippen molar-refractivity contribution in [2.45, 2.75) is 32.7 Å². The molecule has 1 aromatic carbocycles. The number of para-hydroxylation sites is 1. The molecule has 4 nitrogen and oxygen atoms in total. The summed E-state index contributed by atoms with van der Waals surface area (Å²) in [6.07, 6.45) is 3.30. The van der Waals surface area contributed by atoms with Crippen molar-refractivity contribution in [3.63, 3.8) is 0 Å². The molecule has 0 aliphatic heterocycles. The highest BCUT2D eigenvalue weighted by atomic mass is 16.5. The van der Waals surface area contributed by atoms with Crippen molar-refractivity contribution in [3.8, 4) is 0 Å². The average Bonchev–Trinajstić information content (AvgIpc) is 2.86. The molecule has 0 saturated carbocycles. The molecule has 116 valence electrons. The summed E-state index contributed by atoms with van der Waals surface area (Å²) in [6, 6.07) is 8.21. The third kappa shape index (κ3) is 4.56. The minimum atomic E-state index is 0.0769. The van der Waals surface area contributed by atoms with Gasteiger partial charge in [0.1, 0.15) is 11.3 Å².